The summed E-state index contributed by atoms with van der Waals surface area (Å²) in [6, 6.07) is 24.2. The summed E-state index contributed by atoms with van der Waals surface area (Å²) in [5.74, 6) is 0. The maximum Gasteiger partial charge on any atom is 0.101 e. The van der Waals surface area contributed by atoms with Crippen LogP contribution in [0.4, 0.5) is 0 Å². The van der Waals surface area contributed by atoms with E-state index in [0.29, 0.717) is 12.0 Å². The summed E-state index contributed by atoms with van der Waals surface area (Å²) < 4.78 is 29.7. The fraction of sp³-hybridized carbons (Fsp3) is 0.550. The second-order valence-electron chi connectivity index (χ2n) is 13.1. The van der Waals surface area contributed by atoms with Gasteiger partial charge in [-0.05, 0) is 120 Å². The van der Waals surface area contributed by atoms with E-state index in [4.69, 9.17) is 30.6 Å². The summed E-state index contributed by atoms with van der Waals surface area (Å²) in [7, 11) is -3.88. The van der Waals surface area contributed by atoms with Gasteiger partial charge in [0.15, 0.2) is 0 Å². The predicted octanol–water partition coefficient (Wildman–Crippen LogP) is 6.72. The van der Waals surface area contributed by atoms with Gasteiger partial charge in [-0.15, -0.1) is 0 Å². The monoisotopic (exact) mass is 836 g/mol. The molecule has 0 aromatic heterocycles. The number of rotatable bonds is 7. The van der Waals surface area contributed by atoms with E-state index in [1.165, 1.54) is 0 Å². The molecule has 304 valence electrons. The number of hydrogen-bond donors (Lipinski definition) is 7. The SMILES string of the molecule is CC(C)O.CC(C)O.CC(C)O.CC(C)O.CC(C)O.CC(C)O.Cc1ccc(S(=O)(=O)[N-][C@@H](Cc2ccccc2)[C@H](O)c2ccccc2)cc1.[Ti].[Ti]. The average molecular weight is 837 g/mol. The van der Waals surface area contributed by atoms with E-state index in [2.05, 4.69) is 4.72 Å². The van der Waals surface area contributed by atoms with E-state index in [1.807, 2.05) is 55.5 Å². The number of nitrogens with zero attached hydrogens (tertiary/aromatic N) is 1. The Balaban J connectivity index is -0.000000174. The van der Waals surface area contributed by atoms with Gasteiger partial charge in [0.25, 0.3) is 0 Å². The standard InChI is InChI=1S/C22H22NO3S.6C3H8O.2Ti/c1-17-12-14-20(15-13-17)27(25,26)23-21(16-18-8-4-2-5-9-18)22(24)19-10-6-3-7-11-19;6*1-3(2)4;;/h2-15,21-22,24H,16H2,1H3;6*3-4H,1-2H3;;/q-1;;;;;;;;/t21-,22+;;;;;;;;/m0......../s1. The first-order chi connectivity index (χ1) is 23.3. The van der Waals surface area contributed by atoms with E-state index in [9.17, 15) is 13.5 Å². The molecule has 3 aromatic rings. The summed E-state index contributed by atoms with van der Waals surface area (Å²) in [6.45, 7) is 22.6. The molecular formula is C40H70NO9STi2-. The van der Waals surface area contributed by atoms with Crippen molar-refractivity contribution >= 4 is 10.0 Å². The summed E-state index contributed by atoms with van der Waals surface area (Å²) in [4.78, 5) is 0.131. The van der Waals surface area contributed by atoms with Crippen molar-refractivity contribution in [3.8, 4) is 0 Å². The van der Waals surface area contributed by atoms with Gasteiger partial charge in [-0.3, -0.25) is 0 Å². The molecule has 10 nitrogen and oxygen atoms in total. The fourth-order valence-electron chi connectivity index (χ4n) is 2.88. The third-order valence-electron chi connectivity index (χ3n) is 4.39. The molecule has 0 aliphatic carbocycles. The van der Waals surface area contributed by atoms with E-state index >= 15 is 0 Å². The van der Waals surface area contributed by atoms with Crippen LogP contribution in [0.3, 0.4) is 0 Å². The van der Waals surface area contributed by atoms with Crippen LogP contribution in [-0.2, 0) is 59.9 Å². The van der Waals surface area contributed by atoms with Crippen LogP contribution in [0, 0.1) is 6.92 Å². The van der Waals surface area contributed by atoms with Crippen LogP contribution >= 0.6 is 0 Å². The zero-order valence-electron chi connectivity index (χ0n) is 34.2. The largest absolute Gasteiger partial charge is 0.539 e. The van der Waals surface area contributed by atoms with Gasteiger partial charge < -0.3 is 40.5 Å². The normalized spacial score (nSPS) is 11.1. The van der Waals surface area contributed by atoms with Crippen molar-refractivity contribution in [2.75, 3.05) is 0 Å². The van der Waals surface area contributed by atoms with E-state index in [1.54, 1.807) is 119 Å². The Kier molecular flexibility index (Phi) is 46.8. The number of aliphatic hydroxyl groups excluding tert-OH is 7. The van der Waals surface area contributed by atoms with Crippen molar-refractivity contribution in [1.29, 1.82) is 0 Å². The van der Waals surface area contributed by atoms with Crippen LogP contribution in [0.5, 0.6) is 0 Å². The summed E-state index contributed by atoms with van der Waals surface area (Å²) >= 11 is 0. The van der Waals surface area contributed by atoms with Gasteiger partial charge in [0.1, 0.15) is 10.0 Å². The molecule has 0 heterocycles. The molecule has 0 fully saturated rings. The number of aliphatic hydroxyl groups is 7. The molecule has 0 aliphatic heterocycles. The van der Waals surface area contributed by atoms with Crippen LogP contribution in [0.1, 0.15) is 106 Å². The van der Waals surface area contributed by atoms with Gasteiger partial charge in [0.05, 0.1) is 6.10 Å². The Morgan fingerprint density at radius 1 is 0.491 bits per heavy atom. The summed E-state index contributed by atoms with van der Waals surface area (Å²) in [5.41, 5.74) is 2.53. The molecule has 53 heavy (non-hydrogen) atoms. The van der Waals surface area contributed by atoms with Crippen LogP contribution in [0.15, 0.2) is 89.8 Å². The quantitative estimate of drug-likeness (QED) is 0.127. The molecule has 0 unspecified atom stereocenters. The summed E-state index contributed by atoms with van der Waals surface area (Å²) in [6.07, 6.45) is -1.70. The molecule has 0 saturated carbocycles. The molecule has 0 amide bonds. The number of sulfonamides is 1. The van der Waals surface area contributed by atoms with Gasteiger partial charge in [0.2, 0.25) is 0 Å². The molecule has 0 aliphatic rings. The third kappa shape index (κ3) is 52.9. The van der Waals surface area contributed by atoms with Crippen molar-refractivity contribution in [3.63, 3.8) is 0 Å². The van der Waals surface area contributed by atoms with Crippen molar-refractivity contribution in [3.05, 3.63) is 106 Å². The van der Waals surface area contributed by atoms with Crippen LogP contribution < -0.4 is 0 Å². The Labute approximate surface area is 351 Å². The van der Waals surface area contributed by atoms with Gasteiger partial charge in [-0.25, -0.2) is 8.42 Å². The van der Waals surface area contributed by atoms with Gasteiger partial charge in [-0.2, -0.15) is 0 Å². The zero-order chi connectivity index (χ0) is 40.7. The van der Waals surface area contributed by atoms with E-state index in [0.717, 1.165) is 11.1 Å². The van der Waals surface area contributed by atoms with E-state index in [-0.39, 0.29) is 85.0 Å². The minimum atomic E-state index is -3.88. The average Bonchev–Trinajstić information content (AvgIpc) is 2.96. The van der Waals surface area contributed by atoms with Crippen molar-refractivity contribution < 1.29 is 87.6 Å². The summed E-state index contributed by atoms with van der Waals surface area (Å²) in [5, 5.41) is 59.2. The van der Waals surface area contributed by atoms with Crippen LogP contribution in [0.2, 0.25) is 0 Å². The number of hydrogen-bond acceptors (Lipinski definition) is 9. The molecule has 2 atom stereocenters. The molecule has 0 bridgehead atoms. The molecule has 7 N–H and O–H groups in total. The predicted molar refractivity (Wildman–Crippen MR) is 211 cm³/mol. The second kappa shape index (κ2) is 39.0. The first-order valence-corrected chi connectivity index (χ1v) is 18.7. The van der Waals surface area contributed by atoms with Gasteiger partial charge in [-0.1, -0.05) is 84.4 Å². The van der Waals surface area contributed by atoms with Crippen molar-refractivity contribution in [1.82, 2.24) is 0 Å². The van der Waals surface area contributed by atoms with E-state index < -0.39 is 22.2 Å². The number of aryl methyl sites for hydroxylation is 1. The molecular weight excluding hydrogens is 766 g/mol. The molecule has 0 spiro atoms. The zero-order valence-corrected chi connectivity index (χ0v) is 38.2. The minimum absolute atomic E-state index is 0. The first kappa shape index (κ1) is 63.6. The maximum atomic E-state index is 12.8. The van der Waals surface area contributed by atoms with Gasteiger partial charge >= 0.3 is 0 Å². The minimum Gasteiger partial charge on any atom is -0.539 e. The van der Waals surface area contributed by atoms with Crippen molar-refractivity contribution in [2.45, 2.75) is 150 Å². The van der Waals surface area contributed by atoms with Crippen molar-refractivity contribution in [2.24, 2.45) is 0 Å². The Bertz CT molecular complexity index is 1200. The Morgan fingerprint density at radius 2 is 0.774 bits per heavy atom. The molecule has 3 aromatic carbocycles. The second-order valence-corrected chi connectivity index (χ2v) is 14.7. The molecule has 13 heteroatoms. The number of benzene rings is 3. The molecule has 0 saturated heterocycles. The van der Waals surface area contributed by atoms with Gasteiger partial charge in [0, 0.05) is 85.0 Å². The first-order valence-electron chi connectivity index (χ1n) is 17.2. The maximum absolute atomic E-state index is 12.8. The van der Waals surface area contributed by atoms with Crippen LogP contribution in [-0.4, -0.2) is 86.8 Å². The molecule has 0 radical (unpaired) electrons. The topological polar surface area (TPSA) is 190 Å². The third-order valence-corrected chi connectivity index (χ3v) is 5.80. The fourth-order valence-corrected chi connectivity index (χ4v) is 4.03. The Hall–Kier alpha value is -1.28. The van der Waals surface area contributed by atoms with Crippen LogP contribution in [0.25, 0.3) is 4.72 Å². The Morgan fingerprint density at radius 3 is 1.08 bits per heavy atom. The molecule has 3 rings (SSSR count). The smallest absolute Gasteiger partial charge is 0.101 e.